The van der Waals surface area contributed by atoms with E-state index in [2.05, 4.69) is 150 Å². The molecule has 6 aromatic rings. The van der Waals surface area contributed by atoms with Gasteiger partial charge in [0.05, 0.1) is 22.4 Å². The van der Waals surface area contributed by atoms with Crippen LogP contribution in [0.1, 0.15) is 128 Å². The molecule has 1 aliphatic rings. The molecule has 52 heavy (non-hydrogen) atoms. The van der Waals surface area contributed by atoms with Gasteiger partial charge in [-0.25, -0.2) is 9.67 Å². The first-order valence-corrected chi connectivity index (χ1v) is 19.7. The molecule has 7 rings (SSSR count). The topological polar surface area (TPSA) is 44.9 Å². The van der Waals surface area contributed by atoms with Crippen molar-refractivity contribution in [1.29, 1.82) is 0 Å². The summed E-state index contributed by atoms with van der Waals surface area (Å²) in [6.45, 7) is 20.5. The van der Waals surface area contributed by atoms with E-state index in [9.17, 15) is 0 Å². The van der Waals surface area contributed by atoms with Crippen molar-refractivity contribution < 1.29 is 4.74 Å². The van der Waals surface area contributed by atoms with Crippen LogP contribution in [0.15, 0.2) is 90.6 Å². The number of nitrogens with zero attached hydrogens (tertiary/aromatic N) is 4. The quantitative estimate of drug-likeness (QED) is 0.134. The lowest BCUT2D eigenvalue weighted by Crippen LogP contribution is -2.20. The molecule has 3 aromatic carbocycles. The molecule has 0 amide bonds. The van der Waals surface area contributed by atoms with Gasteiger partial charge in [0.25, 0.3) is 0 Å². The number of aryl methyl sites for hydroxylation is 1. The fourth-order valence-corrected chi connectivity index (χ4v) is 8.52. The van der Waals surface area contributed by atoms with Gasteiger partial charge in [-0.05, 0) is 103 Å². The SMILES string of the molecule is CCC1=CCC[C@H](CC)C1c1c(CC)nn(-c2cc(Oc3ccc4c5ccccc5n(-c5cc(C(C)(C)C)ccn5)c4c3)cc(C(C)C)c2)c1CC. The molecular formula is C47H56N4O. The highest BCUT2D eigenvalue weighted by atomic mass is 16.5. The first-order chi connectivity index (χ1) is 25.1. The maximum atomic E-state index is 6.84. The molecule has 5 heteroatoms. The summed E-state index contributed by atoms with van der Waals surface area (Å²) in [5.74, 6) is 3.97. The molecule has 0 bridgehead atoms. The molecule has 2 atom stereocenters. The molecule has 0 saturated carbocycles. The van der Waals surface area contributed by atoms with Crippen molar-refractivity contribution in [3.63, 3.8) is 0 Å². The minimum atomic E-state index is 0.0117. The van der Waals surface area contributed by atoms with Crippen LogP contribution < -0.4 is 4.74 Å². The van der Waals surface area contributed by atoms with Gasteiger partial charge < -0.3 is 4.74 Å². The highest BCUT2D eigenvalue weighted by molar-refractivity contribution is 6.09. The number of ether oxygens (including phenoxy) is 1. The molecule has 3 heterocycles. The largest absolute Gasteiger partial charge is 0.457 e. The van der Waals surface area contributed by atoms with Crippen LogP contribution in [-0.4, -0.2) is 19.3 Å². The Morgan fingerprint density at radius 1 is 0.827 bits per heavy atom. The standard InChI is InChI=1S/C47H56N4O/c1-10-31-17-16-18-32(11-2)45(31)46-40(12-3)49-51(41(46)13-4)35-25-33(30(5)6)26-37(28-35)52-36-21-22-39-38-19-14-15-20-42(38)50(43(39)29-36)44-27-34(23-24-48-44)47(7,8)9/h14-15,17,19-30,32,45H,10-13,16,18H2,1-9H3/t32-,45?/m0/s1. The number of fused-ring (bicyclic) bond motifs is 3. The van der Waals surface area contributed by atoms with E-state index in [1.807, 2.05) is 6.20 Å². The van der Waals surface area contributed by atoms with Crippen LogP contribution in [0.4, 0.5) is 0 Å². The van der Waals surface area contributed by atoms with Gasteiger partial charge in [0.2, 0.25) is 0 Å². The number of allylic oxidation sites excluding steroid dienone is 2. The second kappa shape index (κ2) is 14.4. The average molecular weight is 693 g/mol. The molecule has 1 aliphatic carbocycles. The maximum Gasteiger partial charge on any atom is 0.137 e. The van der Waals surface area contributed by atoms with Crippen molar-refractivity contribution in [3.8, 4) is 23.0 Å². The Balaban J connectivity index is 1.35. The monoisotopic (exact) mass is 692 g/mol. The Morgan fingerprint density at radius 2 is 1.62 bits per heavy atom. The van der Waals surface area contributed by atoms with Crippen molar-refractivity contribution in [3.05, 3.63) is 119 Å². The Labute approximate surface area is 310 Å². The third kappa shape index (κ3) is 6.48. The van der Waals surface area contributed by atoms with Crippen LogP contribution in [0, 0.1) is 5.92 Å². The summed E-state index contributed by atoms with van der Waals surface area (Å²) >= 11 is 0. The molecular weight excluding hydrogens is 637 g/mol. The van der Waals surface area contributed by atoms with E-state index >= 15 is 0 Å². The summed E-state index contributed by atoms with van der Waals surface area (Å²) in [4.78, 5) is 4.88. The van der Waals surface area contributed by atoms with Crippen molar-refractivity contribution >= 4 is 21.8 Å². The molecule has 5 nitrogen and oxygen atoms in total. The zero-order chi connectivity index (χ0) is 36.7. The van der Waals surface area contributed by atoms with Crippen molar-refractivity contribution in [2.45, 2.75) is 118 Å². The van der Waals surface area contributed by atoms with Gasteiger partial charge in [0.15, 0.2) is 0 Å². The fraction of sp³-hybridized carbons (Fsp3) is 0.404. The highest BCUT2D eigenvalue weighted by Crippen LogP contribution is 2.45. The highest BCUT2D eigenvalue weighted by Gasteiger charge is 2.33. The van der Waals surface area contributed by atoms with Gasteiger partial charge in [-0.1, -0.05) is 98.6 Å². The molecule has 0 N–H and O–H groups in total. The minimum Gasteiger partial charge on any atom is -0.457 e. The Bertz CT molecular complexity index is 2260. The average Bonchev–Trinajstić information content (AvgIpc) is 3.69. The van der Waals surface area contributed by atoms with E-state index < -0.39 is 0 Å². The van der Waals surface area contributed by atoms with Crippen molar-refractivity contribution in [1.82, 2.24) is 19.3 Å². The van der Waals surface area contributed by atoms with Gasteiger partial charge in [-0.3, -0.25) is 4.57 Å². The second-order valence-corrected chi connectivity index (χ2v) is 16.0. The van der Waals surface area contributed by atoms with Crippen LogP contribution in [0.2, 0.25) is 0 Å². The molecule has 0 saturated heterocycles. The van der Waals surface area contributed by atoms with Crippen molar-refractivity contribution in [2.24, 2.45) is 5.92 Å². The Hall–Kier alpha value is -4.64. The number of hydrogen-bond acceptors (Lipinski definition) is 3. The lowest BCUT2D eigenvalue weighted by molar-refractivity contribution is 0.392. The van der Waals surface area contributed by atoms with Gasteiger partial charge in [-0.15, -0.1) is 0 Å². The molecule has 1 unspecified atom stereocenters. The summed E-state index contributed by atoms with van der Waals surface area (Å²) in [5.41, 5.74) is 11.4. The van der Waals surface area contributed by atoms with Crippen LogP contribution in [0.3, 0.4) is 0 Å². The predicted octanol–water partition coefficient (Wildman–Crippen LogP) is 12.9. The number of para-hydroxylation sites is 1. The first kappa shape index (κ1) is 35.7. The molecule has 0 aliphatic heterocycles. The van der Waals surface area contributed by atoms with Gasteiger partial charge >= 0.3 is 0 Å². The van der Waals surface area contributed by atoms with E-state index in [0.717, 1.165) is 53.3 Å². The third-order valence-electron chi connectivity index (χ3n) is 11.4. The van der Waals surface area contributed by atoms with Crippen molar-refractivity contribution in [2.75, 3.05) is 0 Å². The summed E-state index contributed by atoms with van der Waals surface area (Å²) in [6, 6.07) is 26.1. The maximum absolute atomic E-state index is 6.84. The molecule has 0 spiro atoms. The van der Waals surface area contributed by atoms with Gasteiger partial charge in [0.1, 0.15) is 17.3 Å². The Morgan fingerprint density at radius 3 is 2.33 bits per heavy atom. The number of aromatic nitrogens is 4. The zero-order valence-electron chi connectivity index (χ0n) is 32.8. The van der Waals surface area contributed by atoms with E-state index in [1.54, 1.807) is 5.57 Å². The second-order valence-electron chi connectivity index (χ2n) is 16.0. The van der Waals surface area contributed by atoms with Crippen LogP contribution in [0.5, 0.6) is 11.5 Å². The molecule has 0 radical (unpaired) electrons. The summed E-state index contributed by atoms with van der Waals surface area (Å²) in [5, 5.41) is 7.77. The molecule has 270 valence electrons. The number of rotatable bonds is 10. The predicted molar refractivity (Wildman–Crippen MR) is 218 cm³/mol. The van der Waals surface area contributed by atoms with Crippen LogP contribution >= 0.6 is 0 Å². The smallest absolute Gasteiger partial charge is 0.137 e. The molecule has 3 aromatic heterocycles. The lowest BCUT2D eigenvalue weighted by Gasteiger charge is -2.33. The molecule has 0 fully saturated rings. The van der Waals surface area contributed by atoms with E-state index in [4.69, 9.17) is 14.8 Å². The first-order valence-electron chi connectivity index (χ1n) is 19.7. The van der Waals surface area contributed by atoms with E-state index in [0.29, 0.717) is 17.8 Å². The van der Waals surface area contributed by atoms with Crippen LogP contribution in [0.25, 0.3) is 33.3 Å². The normalized spacial score (nSPS) is 16.6. The van der Waals surface area contributed by atoms with E-state index in [-0.39, 0.29) is 5.41 Å². The summed E-state index contributed by atoms with van der Waals surface area (Å²) < 4.78 is 11.4. The summed E-state index contributed by atoms with van der Waals surface area (Å²) in [6.07, 6.45) is 11.0. The Kier molecular flexibility index (Phi) is 9.91. The number of pyridine rings is 1. The third-order valence-corrected chi connectivity index (χ3v) is 11.4. The van der Waals surface area contributed by atoms with E-state index in [1.165, 1.54) is 58.1 Å². The minimum absolute atomic E-state index is 0.0117. The van der Waals surface area contributed by atoms with Crippen LogP contribution in [-0.2, 0) is 18.3 Å². The summed E-state index contributed by atoms with van der Waals surface area (Å²) in [7, 11) is 0. The number of benzene rings is 3. The zero-order valence-corrected chi connectivity index (χ0v) is 32.8. The van der Waals surface area contributed by atoms with Gasteiger partial charge in [0, 0.05) is 46.3 Å². The lowest BCUT2D eigenvalue weighted by atomic mass is 9.71. The van der Waals surface area contributed by atoms with Gasteiger partial charge in [-0.2, -0.15) is 5.10 Å². The number of hydrogen-bond donors (Lipinski definition) is 0. The fourth-order valence-electron chi connectivity index (χ4n) is 8.52.